The largest absolute Gasteiger partial charge is 0.481 e. The van der Waals surface area contributed by atoms with Crippen LogP contribution in [-0.4, -0.2) is 35.1 Å². The monoisotopic (exact) mass is 168 g/mol. The zero-order chi connectivity index (χ0) is 9.14. The second kappa shape index (κ2) is 3.55. The number of likely N-dealkylation sites (tertiary alicyclic amines) is 1. The summed E-state index contributed by atoms with van der Waals surface area (Å²) in [7, 11) is 0. The van der Waals surface area contributed by atoms with Crippen LogP contribution in [0.4, 0.5) is 0 Å². The van der Waals surface area contributed by atoms with E-state index in [0.717, 1.165) is 6.42 Å². The number of nitrogens with zero attached hydrogens (tertiary/aromatic N) is 2. The Balaban J connectivity index is 2.34. The van der Waals surface area contributed by atoms with Crippen molar-refractivity contribution in [2.24, 2.45) is 5.92 Å². The van der Waals surface area contributed by atoms with Crippen molar-refractivity contribution in [2.75, 3.05) is 13.1 Å². The fraction of sp³-hybridized carbons (Fsp3) is 0.750. The van der Waals surface area contributed by atoms with Crippen molar-refractivity contribution in [2.45, 2.75) is 19.4 Å². The molecule has 12 heavy (non-hydrogen) atoms. The van der Waals surface area contributed by atoms with Crippen molar-refractivity contribution in [1.82, 2.24) is 4.90 Å². The van der Waals surface area contributed by atoms with Crippen molar-refractivity contribution < 1.29 is 9.90 Å². The number of carboxylic acids is 1. The zero-order valence-corrected chi connectivity index (χ0v) is 7.03. The van der Waals surface area contributed by atoms with Crippen molar-refractivity contribution >= 4 is 5.97 Å². The molecule has 0 spiro atoms. The number of hydrogen-bond acceptors (Lipinski definition) is 3. The van der Waals surface area contributed by atoms with Gasteiger partial charge < -0.3 is 5.11 Å². The molecule has 1 heterocycles. The van der Waals surface area contributed by atoms with E-state index < -0.39 is 5.97 Å². The molecule has 4 heteroatoms. The van der Waals surface area contributed by atoms with Crippen LogP contribution in [0, 0.1) is 17.2 Å². The first kappa shape index (κ1) is 9.01. The molecule has 1 aliphatic heterocycles. The highest BCUT2D eigenvalue weighted by atomic mass is 16.4. The van der Waals surface area contributed by atoms with Gasteiger partial charge in [-0.05, 0) is 6.42 Å². The molecule has 4 nitrogen and oxygen atoms in total. The molecule has 0 aromatic heterocycles. The Morgan fingerprint density at radius 3 is 2.75 bits per heavy atom. The van der Waals surface area contributed by atoms with Crippen LogP contribution in [0.3, 0.4) is 0 Å². The van der Waals surface area contributed by atoms with Gasteiger partial charge in [-0.2, -0.15) is 5.26 Å². The molecule has 0 amide bonds. The number of carbonyl (C=O) groups is 1. The third kappa shape index (κ3) is 1.56. The number of aliphatic carboxylic acids is 1. The van der Waals surface area contributed by atoms with Gasteiger partial charge in [0, 0.05) is 13.1 Å². The third-order valence-corrected chi connectivity index (χ3v) is 2.24. The molecular formula is C8H12N2O2. The Labute approximate surface area is 71.4 Å². The van der Waals surface area contributed by atoms with Gasteiger partial charge in [0.05, 0.1) is 18.0 Å². The minimum Gasteiger partial charge on any atom is -0.481 e. The summed E-state index contributed by atoms with van der Waals surface area (Å²) in [5.41, 5.74) is 0. The van der Waals surface area contributed by atoms with E-state index >= 15 is 0 Å². The smallest absolute Gasteiger partial charge is 0.309 e. The van der Waals surface area contributed by atoms with E-state index in [2.05, 4.69) is 6.07 Å². The Morgan fingerprint density at radius 2 is 2.42 bits per heavy atom. The summed E-state index contributed by atoms with van der Waals surface area (Å²) in [6.45, 7) is 2.99. The Bertz CT molecular complexity index is 216. The van der Waals surface area contributed by atoms with Crippen LogP contribution in [0.1, 0.15) is 13.3 Å². The maximum Gasteiger partial charge on any atom is 0.309 e. The molecular weight excluding hydrogens is 156 g/mol. The fourth-order valence-electron chi connectivity index (χ4n) is 1.35. The second-order valence-corrected chi connectivity index (χ2v) is 3.04. The number of hydrogen-bond donors (Lipinski definition) is 1. The maximum atomic E-state index is 10.4. The summed E-state index contributed by atoms with van der Waals surface area (Å²) in [5, 5.41) is 17.2. The fourth-order valence-corrected chi connectivity index (χ4v) is 1.35. The van der Waals surface area contributed by atoms with Gasteiger partial charge in [-0.3, -0.25) is 9.69 Å². The first-order valence-electron chi connectivity index (χ1n) is 4.05. The molecule has 0 saturated carbocycles. The molecule has 0 bridgehead atoms. The number of nitriles is 1. The Hall–Kier alpha value is -1.08. The lowest BCUT2D eigenvalue weighted by molar-refractivity contribution is -0.148. The van der Waals surface area contributed by atoms with Crippen LogP contribution >= 0.6 is 0 Å². The summed E-state index contributed by atoms with van der Waals surface area (Å²) in [4.78, 5) is 12.3. The lowest BCUT2D eigenvalue weighted by atomic mass is 9.97. The molecule has 1 N–H and O–H groups in total. The quantitative estimate of drug-likeness (QED) is 0.658. The number of rotatable bonds is 3. The maximum absolute atomic E-state index is 10.4. The molecule has 0 aromatic rings. The van der Waals surface area contributed by atoms with E-state index in [1.165, 1.54) is 0 Å². The van der Waals surface area contributed by atoms with E-state index in [4.69, 9.17) is 10.4 Å². The van der Waals surface area contributed by atoms with E-state index in [9.17, 15) is 4.79 Å². The van der Waals surface area contributed by atoms with E-state index in [1.54, 1.807) is 0 Å². The summed E-state index contributed by atoms with van der Waals surface area (Å²) >= 11 is 0. The third-order valence-electron chi connectivity index (χ3n) is 2.24. The molecule has 1 atom stereocenters. The average molecular weight is 168 g/mol. The summed E-state index contributed by atoms with van der Waals surface area (Å²) in [6.07, 6.45) is 0.767. The zero-order valence-electron chi connectivity index (χ0n) is 7.03. The van der Waals surface area contributed by atoms with Gasteiger partial charge in [-0.25, -0.2) is 0 Å². The van der Waals surface area contributed by atoms with E-state index in [-0.39, 0.29) is 12.0 Å². The number of carboxylic acid groups (broad SMARTS) is 1. The van der Waals surface area contributed by atoms with Gasteiger partial charge >= 0.3 is 5.97 Å². The van der Waals surface area contributed by atoms with Crippen LogP contribution in [-0.2, 0) is 4.79 Å². The predicted molar refractivity (Wildman–Crippen MR) is 42.4 cm³/mol. The summed E-state index contributed by atoms with van der Waals surface area (Å²) in [5.74, 6) is -1.01. The van der Waals surface area contributed by atoms with Gasteiger partial charge in [0.2, 0.25) is 0 Å². The molecule has 1 unspecified atom stereocenters. The normalized spacial score (nSPS) is 21.0. The van der Waals surface area contributed by atoms with Crippen LogP contribution in [0.5, 0.6) is 0 Å². The summed E-state index contributed by atoms with van der Waals surface area (Å²) in [6, 6.07) is 2.05. The van der Waals surface area contributed by atoms with Crippen molar-refractivity contribution in [3.63, 3.8) is 0 Å². The summed E-state index contributed by atoms with van der Waals surface area (Å²) < 4.78 is 0. The van der Waals surface area contributed by atoms with Gasteiger partial charge in [0.25, 0.3) is 0 Å². The van der Waals surface area contributed by atoms with Crippen LogP contribution < -0.4 is 0 Å². The van der Waals surface area contributed by atoms with Gasteiger partial charge in [-0.1, -0.05) is 6.92 Å². The first-order valence-corrected chi connectivity index (χ1v) is 4.05. The molecule has 1 rings (SSSR count). The van der Waals surface area contributed by atoms with Crippen LogP contribution in [0.15, 0.2) is 0 Å². The standard InChI is InChI=1S/C8H12N2O2/c1-2-7(3-9)10-4-6(5-10)8(11)12/h6-7H,2,4-5H2,1H3,(H,11,12). The SMILES string of the molecule is CCC(C#N)N1CC(C(=O)O)C1. The lowest BCUT2D eigenvalue weighted by Gasteiger charge is -2.39. The molecule has 1 aliphatic rings. The van der Waals surface area contributed by atoms with Crippen LogP contribution in [0.2, 0.25) is 0 Å². The van der Waals surface area contributed by atoms with E-state index in [0.29, 0.717) is 13.1 Å². The molecule has 0 aliphatic carbocycles. The Morgan fingerprint density at radius 1 is 1.83 bits per heavy atom. The topological polar surface area (TPSA) is 64.3 Å². The van der Waals surface area contributed by atoms with E-state index in [1.807, 2.05) is 11.8 Å². The molecule has 0 aromatic carbocycles. The van der Waals surface area contributed by atoms with Crippen molar-refractivity contribution in [3.8, 4) is 6.07 Å². The molecule has 1 fully saturated rings. The van der Waals surface area contributed by atoms with Gasteiger partial charge in [0.15, 0.2) is 0 Å². The molecule has 66 valence electrons. The second-order valence-electron chi connectivity index (χ2n) is 3.04. The lowest BCUT2D eigenvalue weighted by Crippen LogP contribution is -2.54. The first-order chi connectivity index (χ1) is 5.69. The Kier molecular flexibility index (Phi) is 2.66. The van der Waals surface area contributed by atoms with Gasteiger partial charge in [0.1, 0.15) is 0 Å². The highest BCUT2D eigenvalue weighted by Crippen LogP contribution is 2.19. The average Bonchev–Trinajstić information content (AvgIpc) is 1.94. The van der Waals surface area contributed by atoms with Crippen molar-refractivity contribution in [3.05, 3.63) is 0 Å². The highest BCUT2D eigenvalue weighted by molar-refractivity contribution is 5.71. The van der Waals surface area contributed by atoms with Gasteiger partial charge in [-0.15, -0.1) is 0 Å². The predicted octanol–water partition coefficient (Wildman–Crippen LogP) is 0.305. The van der Waals surface area contributed by atoms with Crippen LogP contribution in [0.25, 0.3) is 0 Å². The molecule has 1 saturated heterocycles. The molecule has 0 radical (unpaired) electrons. The van der Waals surface area contributed by atoms with Crippen molar-refractivity contribution in [1.29, 1.82) is 5.26 Å². The minimum atomic E-state index is -0.751. The highest BCUT2D eigenvalue weighted by Gasteiger charge is 2.35. The minimum absolute atomic E-state index is 0.0967.